The van der Waals surface area contributed by atoms with Gasteiger partial charge in [-0.05, 0) is 174 Å². The molecule has 10 heteroatoms. The van der Waals surface area contributed by atoms with Crippen molar-refractivity contribution in [1.82, 2.24) is 21.3 Å². The predicted molar refractivity (Wildman–Crippen MR) is 205 cm³/mol. The molecule has 0 aliphatic heterocycles. The predicted octanol–water partition coefficient (Wildman–Crippen LogP) is 6.43. The summed E-state index contributed by atoms with van der Waals surface area (Å²) in [4.78, 5) is 0. The minimum absolute atomic E-state index is 0.0136. The van der Waals surface area contributed by atoms with Crippen molar-refractivity contribution in [2.24, 2.45) is 58.2 Å². The molecular weight excluding hydrogens is 649 g/mol. The Morgan fingerprint density at radius 3 is 2.00 bits per heavy atom. The summed E-state index contributed by atoms with van der Waals surface area (Å²) in [6.07, 6.45) is 13.9. The Morgan fingerprint density at radius 1 is 0.740 bits per heavy atom. The first kappa shape index (κ1) is 42.4. The van der Waals surface area contributed by atoms with E-state index in [1.165, 1.54) is 57.8 Å². The molecule has 0 amide bonds. The zero-order chi connectivity index (χ0) is 36.5. The highest BCUT2D eigenvalue weighted by Crippen LogP contribution is 2.68. The van der Waals surface area contributed by atoms with Crippen LogP contribution in [0.4, 0.5) is 0 Å². The van der Waals surface area contributed by atoms with E-state index in [1.54, 1.807) is 0 Å². The molecule has 0 aromatic rings. The van der Waals surface area contributed by atoms with Gasteiger partial charge in [-0.1, -0.05) is 48.5 Å². The third-order valence-electron chi connectivity index (χ3n) is 14.4. The molecule has 0 bridgehead atoms. The van der Waals surface area contributed by atoms with Gasteiger partial charge in [0, 0.05) is 19.1 Å². The maximum Gasteiger partial charge on any atom is 0.397 e. The SMILES string of the molecule is CC(C)CCNCCCNCCNCCCN[C@H]1CC[C@]2(C)C3CC[C@@]4(C)C(CC[C@@H]4[C@H](C)CC[C@@H](OS(=O)(=O)O)C(C)C)C3[C@H](O)C[C@H]2C1. The summed E-state index contributed by atoms with van der Waals surface area (Å²) >= 11 is 0. The van der Waals surface area contributed by atoms with Crippen LogP contribution in [0.1, 0.15) is 132 Å². The molecule has 0 saturated heterocycles. The summed E-state index contributed by atoms with van der Waals surface area (Å²) in [5, 5.41) is 26.4. The fourth-order valence-corrected chi connectivity index (χ4v) is 12.1. The van der Waals surface area contributed by atoms with Crippen molar-refractivity contribution in [3.8, 4) is 0 Å². The van der Waals surface area contributed by atoms with Crippen LogP contribution in [-0.4, -0.2) is 82.1 Å². The summed E-state index contributed by atoms with van der Waals surface area (Å²) in [5.41, 5.74) is 0.540. The zero-order valence-electron chi connectivity index (χ0n) is 33.0. The maximum atomic E-state index is 11.9. The van der Waals surface area contributed by atoms with Gasteiger partial charge in [0.15, 0.2) is 0 Å². The Labute approximate surface area is 307 Å². The average molecular weight is 727 g/mol. The summed E-state index contributed by atoms with van der Waals surface area (Å²) in [6, 6.07) is 0.567. The molecule has 0 radical (unpaired) electrons. The van der Waals surface area contributed by atoms with E-state index in [1.807, 2.05) is 13.8 Å². The quantitative estimate of drug-likeness (QED) is 0.0552. The van der Waals surface area contributed by atoms with Crippen LogP contribution in [0.5, 0.6) is 0 Å². The van der Waals surface area contributed by atoms with Gasteiger partial charge in [-0.2, -0.15) is 8.42 Å². The van der Waals surface area contributed by atoms with E-state index < -0.39 is 16.5 Å². The van der Waals surface area contributed by atoms with Crippen LogP contribution in [-0.2, 0) is 14.6 Å². The van der Waals surface area contributed by atoms with Crippen LogP contribution < -0.4 is 21.3 Å². The molecule has 50 heavy (non-hydrogen) atoms. The lowest BCUT2D eigenvalue weighted by atomic mass is 9.43. The molecule has 4 aliphatic rings. The van der Waals surface area contributed by atoms with Crippen molar-refractivity contribution in [2.75, 3.05) is 45.8 Å². The van der Waals surface area contributed by atoms with Gasteiger partial charge >= 0.3 is 10.4 Å². The van der Waals surface area contributed by atoms with Crippen LogP contribution >= 0.6 is 0 Å². The molecule has 0 spiro atoms. The van der Waals surface area contributed by atoms with Gasteiger partial charge in [0.1, 0.15) is 0 Å². The molecule has 4 aliphatic carbocycles. The van der Waals surface area contributed by atoms with E-state index in [0.717, 1.165) is 71.0 Å². The highest BCUT2D eigenvalue weighted by molar-refractivity contribution is 7.80. The van der Waals surface area contributed by atoms with Gasteiger partial charge in [0.25, 0.3) is 0 Å². The van der Waals surface area contributed by atoms with E-state index in [-0.39, 0.29) is 17.4 Å². The molecule has 4 rings (SSSR count). The molecule has 0 aromatic heterocycles. The molecule has 4 saturated carbocycles. The molecule has 9 nitrogen and oxygen atoms in total. The molecule has 0 heterocycles. The maximum absolute atomic E-state index is 11.9. The van der Waals surface area contributed by atoms with Gasteiger partial charge in [-0.3, -0.25) is 4.55 Å². The number of aliphatic hydroxyl groups excluding tert-OH is 1. The number of aliphatic hydroxyl groups is 1. The Bertz CT molecular complexity index is 1110. The van der Waals surface area contributed by atoms with Crippen molar-refractivity contribution in [1.29, 1.82) is 0 Å². The Hall–Kier alpha value is -0.330. The van der Waals surface area contributed by atoms with Crippen molar-refractivity contribution < 1.29 is 22.3 Å². The van der Waals surface area contributed by atoms with E-state index in [2.05, 4.69) is 55.9 Å². The molecule has 6 N–H and O–H groups in total. The summed E-state index contributed by atoms with van der Waals surface area (Å²) in [6.45, 7) is 23.4. The van der Waals surface area contributed by atoms with E-state index >= 15 is 0 Å². The standard InChI is InChI=1S/C40H78N4O5S/c1-28(2)16-23-41-19-8-20-42-24-25-43-21-9-22-44-32-14-17-39(6)31(26-32)27-36(45)38-34-12-11-33(40(34,7)18-15-35(38)39)30(5)10-13-37(29(3)4)49-50(46,47)48/h28-38,41-45H,8-27H2,1-7H3,(H,46,47,48)/t30-,31-,32+,33-,34?,35?,36-,37-,38?,39+,40-/m1/s1. The Morgan fingerprint density at radius 2 is 1.36 bits per heavy atom. The molecule has 11 atom stereocenters. The Kier molecular flexibility index (Phi) is 16.4. The fraction of sp³-hybridized carbons (Fsp3) is 1.00. The summed E-state index contributed by atoms with van der Waals surface area (Å²) < 4.78 is 37.2. The van der Waals surface area contributed by atoms with Crippen LogP contribution in [0.15, 0.2) is 0 Å². The average Bonchev–Trinajstić information content (AvgIpc) is 3.40. The van der Waals surface area contributed by atoms with Crippen LogP contribution in [0.3, 0.4) is 0 Å². The second-order valence-corrected chi connectivity index (χ2v) is 19.5. The van der Waals surface area contributed by atoms with Crippen LogP contribution in [0, 0.1) is 58.2 Å². The van der Waals surface area contributed by atoms with Crippen molar-refractivity contribution >= 4 is 10.4 Å². The minimum atomic E-state index is -4.46. The van der Waals surface area contributed by atoms with Crippen molar-refractivity contribution in [3.63, 3.8) is 0 Å². The third kappa shape index (κ3) is 11.3. The number of nitrogens with one attached hydrogen (secondary N) is 4. The highest BCUT2D eigenvalue weighted by Gasteiger charge is 2.62. The van der Waals surface area contributed by atoms with Gasteiger partial charge in [-0.15, -0.1) is 0 Å². The second kappa shape index (κ2) is 19.3. The normalized spacial score (nSPS) is 35.5. The number of hydrogen-bond acceptors (Lipinski definition) is 8. The Balaban J connectivity index is 1.17. The molecule has 0 aromatic carbocycles. The van der Waals surface area contributed by atoms with E-state index in [0.29, 0.717) is 53.4 Å². The molecule has 294 valence electrons. The largest absolute Gasteiger partial charge is 0.397 e. The summed E-state index contributed by atoms with van der Waals surface area (Å²) in [5.74, 6) is 3.97. The first-order valence-corrected chi connectivity index (χ1v) is 22.2. The van der Waals surface area contributed by atoms with Gasteiger partial charge < -0.3 is 26.4 Å². The first-order chi connectivity index (χ1) is 23.7. The monoisotopic (exact) mass is 727 g/mol. The first-order valence-electron chi connectivity index (χ1n) is 20.8. The topological polar surface area (TPSA) is 132 Å². The lowest BCUT2D eigenvalue weighted by molar-refractivity contribution is -0.167. The second-order valence-electron chi connectivity index (χ2n) is 18.5. The lowest BCUT2D eigenvalue weighted by Crippen LogP contribution is -2.59. The van der Waals surface area contributed by atoms with Crippen molar-refractivity contribution in [3.05, 3.63) is 0 Å². The highest BCUT2D eigenvalue weighted by atomic mass is 32.3. The van der Waals surface area contributed by atoms with Gasteiger partial charge in [0.05, 0.1) is 12.2 Å². The number of hydrogen-bond donors (Lipinski definition) is 6. The van der Waals surface area contributed by atoms with Gasteiger partial charge in [0.2, 0.25) is 0 Å². The number of fused-ring (bicyclic) bond motifs is 5. The molecule has 3 unspecified atom stereocenters. The minimum Gasteiger partial charge on any atom is -0.393 e. The van der Waals surface area contributed by atoms with Gasteiger partial charge in [-0.25, -0.2) is 4.18 Å². The molecular formula is C40H78N4O5S. The smallest absolute Gasteiger partial charge is 0.393 e. The van der Waals surface area contributed by atoms with E-state index in [4.69, 9.17) is 4.18 Å². The zero-order valence-corrected chi connectivity index (χ0v) is 33.8. The number of rotatable bonds is 22. The van der Waals surface area contributed by atoms with E-state index in [9.17, 15) is 18.1 Å². The summed E-state index contributed by atoms with van der Waals surface area (Å²) in [7, 11) is -4.46. The lowest BCUT2D eigenvalue weighted by Gasteiger charge is -2.62. The fourth-order valence-electron chi connectivity index (χ4n) is 11.5. The van der Waals surface area contributed by atoms with Crippen LogP contribution in [0.2, 0.25) is 0 Å². The van der Waals surface area contributed by atoms with Crippen LogP contribution in [0.25, 0.3) is 0 Å². The van der Waals surface area contributed by atoms with Crippen molar-refractivity contribution in [2.45, 2.75) is 150 Å². The molecule has 4 fully saturated rings. The third-order valence-corrected chi connectivity index (χ3v) is 14.9.